The molecule has 0 N–H and O–H groups in total. The van der Waals surface area contributed by atoms with Gasteiger partial charge in [0.05, 0.1) is 11.6 Å². The van der Waals surface area contributed by atoms with Crippen LogP contribution in [0.4, 0.5) is 0 Å². The molecule has 1 amide bonds. The summed E-state index contributed by atoms with van der Waals surface area (Å²) in [4.78, 5) is 19.2. The van der Waals surface area contributed by atoms with E-state index < -0.39 is 0 Å². The molecule has 5 heteroatoms. The Balaban J connectivity index is 1.43. The monoisotopic (exact) mass is 334 g/mol. The number of benzene rings is 1. The zero-order chi connectivity index (χ0) is 17.4. The van der Waals surface area contributed by atoms with Crippen molar-refractivity contribution in [2.24, 2.45) is 0 Å². The van der Waals surface area contributed by atoms with E-state index in [0.29, 0.717) is 23.1 Å². The Bertz CT molecular complexity index is 818. The molecule has 1 aromatic heterocycles. The number of hydrogen-bond acceptors (Lipinski definition) is 3. The van der Waals surface area contributed by atoms with E-state index >= 15 is 0 Å². The van der Waals surface area contributed by atoms with Crippen LogP contribution in [0, 0.1) is 18.3 Å². The molecule has 1 aromatic carbocycles. The van der Waals surface area contributed by atoms with Crippen molar-refractivity contribution in [1.29, 1.82) is 5.26 Å². The Morgan fingerprint density at radius 3 is 2.44 bits per heavy atom. The van der Waals surface area contributed by atoms with Gasteiger partial charge in [-0.3, -0.25) is 4.79 Å². The number of likely N-dealkylation sites (tertiary alicyclic amines) is 1. The van der Waals surface area contributed by atoms with Crippen molar-refractivity contribution in [3.8, 4) is 6.07 Å². The Morgan fingerprint density at radius 2 is 1.84 bits per heavy atom. The standard InChI is InChI=1S/C20H22N4O/c1-14-13-22-19(16-6-7-16)24(14)18-8-10-23(11-9-18)20(25)17-4-2-15(12-21)3-5-17/h2-5,13,16,18H,6-11H2,1H3. The second kappa shape index (κ2) is 6.36. The molecule has 1 aliphatic heterocycles. The molecule has 1 aliphatic carbocycles. The van der Waals surface area contributed by atoms with E-state index in [1.54, 1.807) is 24.3 Å². The summed E-state index contributed by atoms with van der Waals surface area (Å²) in [6.45, 7) is 3.67. The minimum Gasteiger partial charge on any atom is -0.338 e. The molecule has 25 heavy (non-hydrogen) atoms. The van der Waals surface area contributed by atoms with Crippen LogP contribution in [0.1, 0.15) is 65.1 Å². The molecule has 2 fully saturated rings. The van der Waals surface area contributed by atoms with Crippen LogP contribution in [0.2, 0.25) is 0 Å². The van der Waals surface area contributed by atoms with Gasteiger partial charge in [0.15, 0.2) is 0 Å². The second-order valence-corrected chi connectivity index (χ2v) is 7.11. The summed E-state index contributed by atoms with van der Waals surface area (Å²) in [5.41, 5.74) is 2.48. The maximum absolute atomic E-state index is 12.7. The highest BCUT2D eigenvalue weighted by molar-refractivity contribution is 5.94. The number of piperidine rings is 1. The topological polar surface area (TPSA) is 61.9 Å². The van der Waals surface area contributed by atoms with Gasteiger partial charge < -0.3 is 9.47 Å². The molecule has 2 heterocycles. The highest BCUT2D eigenvalue weighted by Gasteiger charge is 2.32. The van der Waals surface area contributed by atoms with Crippen molar-refractivity contribution >= 4 is 5.91 Å². The third-order valence-corrected chi connectivity index (χ3v) is 5.33. The fraction of sp³-hybridized carbons (Fsp3) is 0.450. The van der Waals surface area contributed by atoms with Crippen LogP contribution >= 0.6 is 0 Å². The van der Waals surface area contributed by atoms with Gasteiger partial charge in [0.2, 0.25) is 0 Å². The van der Waals surface area contributed by atoms with Crippen LogP contribution in [0.5, 0.6) is 0 Å². The van der Waals surface area contributed by atoms with Crippen LogP contribution < -0.4 is 0 Å². The van der Waals surface area contributed by atoms with Gasteiger partial charge in [-0.05, 0) is 56.9 Å². The van der Waals surface area contributed by atoms with Crippen molar-refractivity contribution in [2.45, 2.75) is 44.6 Å². The molecule has 0 bridgehead atoms. The number of amides is 1. The number of carbonyl (C=O) groups is 1. The predicted molar refractivity (Wildman–Crippen MR) is 94.3 cm³/mol. The maximum Gasteiger partial charge on any atom is 0.253 e. The minimum atomic E-state index is 0.0627. The lowest BCUT2D eigenvalue weighted by molar-refractivity contribution is 0.0693. The van der Waals surface area contributed by atoms with Crippen molar-refractivity contribution in [3.05, 3.63) is 53.1 Å². The molecule has 2 aliphatic rings. The first-order valence-corrected chi connectivity index (χ1v) is 9.00. The van der Waals surface area contributed by atoms with Crippen molar-refractivity contribution in [1.82, 2.24) is 14.5 Å². The number of hydrogen-bond donors (Lipinski definition) is 0. The lowest BCUT2D eigenvalue weighted by atomic mass is 10.0. The van der Waals surface area contributed by atoms with E-state index in [9.17, 15) is 4.79 Å². The van der Waals surface area contributed by atoms with Crippen molar-refractivity contribution < 1.29 is 4.79 Å². The number of aryl methyl sites for hydroxylation is 1. The zero-order valence-electron chi connectivity index (χ0n) is 14.5. The molecule has 128 valence electrons. The minimum absolute atomic E-state index is 0.0627. The first-order valence-electron chi connectivity index (χ1n) is 9.00. The lowest BCUT2D eigenvalue weighted by Crippen LogP contribution is -2.39. The molecule has 5 nitrogen and oxygen atoms in total. The molecule has 0 unspecified atom stereocenters. The van der Waals surface area contributed by atoms with E-state index in [4.69, 9.17) is 5.26 Å². The predicted octanol–water partition coefficient (Wildman–Crippen LogP) is 3.42. The first kappa shape index (κ1) is 15.9. The van der Waals surface area contributed by atoms with Gasteiger partial charge >= 0.3 is 0 Å². The van der Waals surface area contributed by atoms with Gasteiger partial charge in [-0.25, -0.2) is 4.98 Å². The van der Waals surface area contributed by atoms with E-state index in [1.165, 1.54) is 24.4 Å². The fourth-order valence-electron chi connectivity index (χ4n) is 3.78. The Kier molecular flexibility index (Phi) is 4.04. The number of nitriles is 1. The molecule has 4 rings (SSSR count). The lowest BCUT2D eigenvalue weighted by Gasteiger charge is -2.34. The van der Waals surface area contributed by atoms with Gasteiger partial charge in [0.1, 0.15) is 5.82 Å². The summed E-state index contributed by atoms with van der Waals surface area (Å²) < 4.78 is 2.42. The summed E-state index contributed by atoms with van der Waals surface area (Å²) in [6.07, 6.45) is 6.44. The molecule has 2 aromatic rings. The number of aromatic nitrogens is 2. The molecule has 0 spiro atoms. The van der Waals surface area contributed by atoms with Gasteiger partial charge in [-0.15, -0.1) is 0 Å². The smallest absolute Gasteiger partial charge is 0.253 e. The van der Waals surface area contributed by atoms with E-state index in [2.05, 4.69) is 22.5 Å². The number of imidazole rings is 1. The molecule has 1 saturated heterocycles. The molecule has 0 atom stereocenters. The van der Waals surface area contributed by atoms with E-state index in [-0.39, 0.29) is 5.91 Å². The van der Waals surface area contributed by atoms with Crippen molar-refractivity contribution in [2.75, 3.05) is 13.1 Å². The van der Waals surface area contributed by atoms with Crippen LogP contribution in [0.3, 0.4) is 0 Å². The molecular weight excluding hydrogens is 312 g/mol. The summed E-state index contributed by atoms with van der Waals surface area (Å²) >= 11 is 0. The Morgan fingerprint density at radius 1 is 1.16 bits per heavy atom. The fourth-order valence-corrected chi connectivity index (χ4v) is 3.78. The Labute approximate surface area is 147 Å². The van der Waals surface area contributed by atoms with Gasteiger partial charge in [0.25, 0.3) is 5.91 Å². The summed E-state index contributed by atoms with van der Waals surface area (Å²) in [5.74, 6) is 1.95. The van der Waals surface area contributed by atoms with Gasteiger partial charge in [-0.1, -0.05) is 0 Å². The van der Waals surface area contributed by atoms with Crippen LogP contribution in [-0.4, -0.2) is 33.4 Å². The van der Waals surface area contributed by atoms with Crippen LogP contribution in [-0.2, 0) is 0 Å². The van der Waals surface area contributed by atoms with E-state index in [1.807, 2.05) is 11.1 Å². The summed E-state index contributed by atoms with van der Waals surface area (Å²) in [7, 11) is 0. The normalized spacial score (nSPS) is 18.2. The van der Waals surface area contributed by atoms with Gasteiger partial charge in [-0.2, -0.15) is 5.26 Å². The SMILES string of the molecule is Cc1cnc(C2CC2)n1C1CCN(C(=O)c2ccc(C#N)cc2)CC1. The molecule has 0 radical (unpaired) electrons. The highest BCUT2D eigenvalue weighted by Crippen LogP contribution is 2.41. The van der Waals surface area contributed by atoms with Gasteiger partial charge in [0, 0.05) is 42.5 Å². The van der Waals surface area contributed by atoms with Crippen LogP contribution in [0.25, 0.3) is 0 Å². The largest absolute Gasteiger partial charge is 0.338 e. The third kappa shape index (κ3) is 3.05. The van der Waals surface area contributed by atoms with Crippen molar-refractivity contribution in [3.63, 3.8) is 0 Å². The average Bonchev–Trinajstić information content (AvgIpc) is 3.43. The summed E-state index contributed by atoms with van der Waals surface area (Å²) in [5, 5.41) is 8.87. The number of rotatable bonds is 3. The Hall–Kier alpha value is -2.61. The maximum atomic E-state index is 12.7. The number of nitrogens with zero attached hydrogens (tertiary/aromatic N) is 4. The second-order valence-electron chi connectivity index (χ2n) is 7.11. The highest BCUT2D eigenvalue weighted by atomic mass is 16.2. The summed E-state index contributed by atoms with van der Waals surface area (Å²) in [6, 6.07) is 9.44. The van der Waals surface area contributed by atoms with Crippen LogP contribution in [0.15, 0.2) is 30.5 Å². The quantitative estimate of drug-likeness (QED) is 0.864. The van der Waals surface area contributed by atoms with E-state index in [0.717, 1.165) is 25.9 Å². The average molecular weight is 334 g/mol. The zero-order valence-corrected chi connectivity index (χ0v) is 14.5. The molecular formula is C20H22N4O. The number of carbonyl (C=O) groups excluding carboxylic acids is 1. The molecule has 1 saturated carbocycles. The first-order chi connectivity index (χ1) is 12.2. The third-order valence-electron chi connectivity index (χ3n) is 5.33.